The molecule has 208 valence electrons. The fourth-order valence-corrected chi connectivity index (χ4v) is 10.3. The molecule has 0 heterocycles. The summed E-state index contributed by atoms with van der Waals surface area (Å²) in [4.78, 5) is 0. The molecule has 0 radical (unpaired) electrons. The number of ether oxygens (including phenoxy) is 1. The molecule has 3 nitrogen and oxygen atoms in total. The fraction of sp³-hybridized carbons (Fsp3) is 0.824. The first-order valence-corrected chi connectivity index (χ1v) is 15.9. The maximum absolute atomic E-state index is 6.47. The molecule has 0 bridgehead atoms. The van der Waals surface area contributed by atoms with Crippen LogP contribution < -0.4 is 11.5 Å². The number of nitrogen functional groups attached to an aromatic ring is 2. The highest BCUT2D eigenvalue weighted by atomic mass is 16.5. The first-order chi connectivity index (χ1) is 17.6. The molecule has 1 aromatic rings. The minimum Gasteiger partial charge on any atom is -0.399 e. The molecule has 1 aromatic carbocycles. The monoisotopic (exact) mass is 508 g/mol. The minimum absolute atomic E-state index is 0.378. The maximum Gasteiger partial charge on any atom is 0.0740 e. The molecule has 0 saturated heterocycles. The average molecular weight is 509 g/mol. The Hall–Kier alpha value is -1.22. The lowest BCUT2D eigenvalue weighted by atomic mass is 9.44. The molecule has 4 aliphatic rings. The van der Waals surface area contributed by atoms with Crippen molar-refractivity contribution in [2.45, 2.75) is 124 Å². The Labute approximate surface area is 227 Å². The zero-order valence-corrected chi connectivity index (χ0v) is 24.6. The van der Waals surface area contributed by atoms with Crippen LogP contribution in [0.5, 0.6) is 0 Å². The Morgan fingerprint density at radius 3 is 2.41 bits per heavy atom. The second-order valence-corrected chi connectivity index (χ2v) is 14.9. The van der Waals surface area contributed by atoms with Gasteiger partial charge in [0.05, 0.1) is 12.7 Å². The Morgan fingerprint density at radius 2 is 1.65 bits per heavy atom. The van der Waals surface area contributed by atoms with Crippen molar-refractivity contribution < 1.29 is 4.74 Å². The van der Waals surface area contributed by atoms with Crippen molar-refractivity contribution in [3.8, 4) is 0 Å². The molecule has 4 N–H and O–H groups in total. The third kappa shape index (κ3) is 5.20. The lowest BCUT2D eigenvalue weighted by Crippen LogP contribution is -2.54. The van der Waals surface area contributed by atoms with Crippen LogP contribution in [-0.4, -0.2) is 6.10 Å². The second kappa shape index (κ2) is 10.7. The van der Waals surface area contributed by atoms with Gasteiger partial charge in [0.1, 0.15) is 0 Å². The Morgan fingerprint density at radius 1 is 0.892 bits per heavy atom. The number of benzene rings is 1. The Kier molecular flexibility index (Phi) is 7.94. The van der Waals surface area contributed by atoms with E-state index in [2.05, 4.69) is 34.6 Å². The van der Waals surface area contributed by atoms with Crippen LogP contribution >= 0.6 is 0 Å². The molecule has 5 unspecified atom stereocenters. The molecular weight excluding hydrogens is 452 g/mol. The van der Waals surface area contributed by atoms with Crippen LogP contribution in [0.3, 0.4) is 0 Å². The van der Waals surface area contributed by atoms with Crippen LogP contribution in [0.2, 0.25) is 0 Å². The summed E-state index contributed by atoms with van der Waals surface area (Å²) in [6.45, 7) is 13.4. The van der Waals surface area contributed by atoms with Crippen LogP contribution in [0.4, 0.5) is 11.4 Å². The molecule has 9 atom stereocenters. The summed E-state index contributed by atoms with van der Waals surface area (Å²) in [6, 6.07) is 5.82. The summed E-state index contributed by atoms with van der Waals surface area (Å²) in [5.41, 5.74) is 15.8. The highest BCUT2D eigenvalue weighted by molar-refractivity contribution is 5.56. The van der Waals surface area contributed by atoms with Gasteiger partial charge in [0, 0.05) is 16.9 Å². The molecular formula is C34H56N2O. The second-order valence-electron chi connectivity index (χ2n) is 14.9. The van der Waals surface area contributed by atoms with Crippen molar-refractivity contribution in [3.05, 3.63) is 23.8 Å². The predicted octanol–water partition coefficient (Wildman–Crippen LogP) is 8.86. The molecule has 4 saturated carbocycles. The van der Waals surface area contributed by atoms with E-state index >= 15 is 0 Å². The van der Waals surface area contributed by atoms with E-state index in [4.69, 9.17) is 16.2 Å². The lowest BCUT2D eigenvalue weighted by molar-refractivity contribution is -0.138. The summed E-state index contributed by atoms with van der Waals surface area (Å²) in [7, 11) is 0. The summed E-state index contributed by atoms with van der Waals surface area (Å²) >= 11 is 0. The zero-order chi connectivity index (χ0) is 26.4. The maximum atomic E-state index is 6.47. The van der Waals surface area contributed by atoms with Crippen molar-refractivity contribution >= 4 is 11.4 Å². The van der Waals surface area contributed by atoms with Gasteiger partial charge in [-0.15, -0.1) is 0 Å². The van der Waals surface area contributed by atoms with Crippen LogP contribution in [0.1, 0.15) is 117 Å². The standard InChI is InChI=1S/C34H56N2O/c1-22(2)7-6-8-23(3)29-13-14-30-28-12-10-25-19-27(37-21-24-9-11-26(35)20-32(24)36)15-17-33(25,4)31(28)16-18-34(29,30)5/h9,11,20,22-23,25,27-31H,6-8,10,12-19,21,35-36H2,1-5H3/t23-,25?,27?,28?,29-,30?,31?,33+,34-/m1/s1. The molecule has 4 aliphatic carbocycles. The number of hydrogen-bond donors (Lipinski definition) is 2. The van der Waals surface area contributed by atoms with E-state index in [9.17, 15) is 0 Å². The SMILES string of the molecule is CC(C)CCC[C@@H](C)[C@H]1CCC2C3CCC4CC(OCc5ccc(N)cc5N)CC[C@]4(C)C3CC[C@@]21C. The smallest absolute Gasteiger partial charge is 0.0740 e. The van der Waals surface area contributed by atoms with Crippen molar-refractivity contribution in [2.24, 2.45) is 52.3 Å². The molecule has 37 heavy (non-hydrogen) atoms. The normalized spacial score (nSPS) is 40.2. The molecule has 4 fully saturated rings. The largest absolute Gasteiger partial charge is 0.399 e. The predicted molar refractivity (Wildman–Crippen MR) is 157 cm³/mol. The lowest BCUT2D eigenvalue weighted by Gasteiger charge is -2.61. The third-order valence-electron chi connectivity index (χ3n) is 12.5. The van der Waals surface area contributed by atoms with Crippen LogP contribution in [0.25, 0.3) is 0 Å². The van der Waals surface area contributed by atoms with Gasteiger partial charge >= 0.3 is 0 Å². The summed E-state index contributed by atoms with van der Waals surface area (Å²) in [6.07, 6.45) is 17.3. The van der Waals surface area contributed by atoms with Crippen molar-refractivity contribution in [1.29, 1.82) is 0 Å². The molecule has 5 rings (SSSR count). The first-order valence-electron chi connectivity index (χ1n) is 15.9. The Bertz CT molecular complexity index is 928. The van der Waals surface area contributed by atoms with Crippen LogP contribution in [0, 0.1) is 52.3 Å². The van der Waals surface area contributed by atoms with E-state index in [1.807, 2.05) is 18.2 Å². The zero-order valence-electron chi connectivity index (χ0n) is 24.6. The quantitative estimate of drug-likeness (QED) is 0.345. The van der Waals surface area contributed by atoms with Gasteiger partial charge in [0.2, 0.25) is 0 Å². The summed E-state index contributed by atoms with van der Waals surface area (Å²) in [5, 5.41) is 0. The number of anilines is 2. The summed E-state index contributed by atoms with van der Waals surface area (Å²) < 4.78 is 6.47. The fourth-order valence-electron chi connectivity index (χ4n) is 10.3. The molecule has 0 aliphatic heterocycles. The van der Waals surface area contributed by atoms with Gasteiger partial charge in [-0.3, -0.25) is 0 Å². The molecule has 0 spiro atoms. The van der Waals surface area contributed by atoms with Gasteiger partial charge in [-0.25, -0.2) is 0 Å². The van der Waals surface area contributed by atoms with Gasteiger partial charge in [-0.2, -0.15) is 0 Å². The highest BCUT2D eigenvalue weighted by Crippen LogP contribution is 2.68. The van der Waals surface area contributed by atoms with Crippen molar-refractivity contribution in [3.63, 3.8) is 0 Å². The minimum atomic E-state index is 0.378. The van der Waals surface area contributed by atoms with Crippen molar-refractivity contribution in [2.75, 3.05) is 11.5 Å². The van der Waals surface area contributed by atoms with Gasteiger partial charge in [-0.1, -0.05) is 59.9 Å². The topological polar surface area (TPSA) is 61.3 Å². The van der Waals surface area contributed by atoms with Crippen molar-refractivity contribution in [1.82, 2.24) is 0 Å². The van der Waals surface area contributed by atoms with Gasteiger partial charge < -0.3 is 16.2 Å². The van der Waals surface area contributed by atoms with E-state index in [1.54, 1.807) is 0 Å². The van der Waals surface area contributed by atoms with Gasteiger partial charge in [0.15, 0.2) is 0 Å². The third-order valence-corrected chi connectivity index (χ3v) is 12.5. The van der Waals surface area contributed by atoms with Crippen LogP contribution in [-0.2, 0) is 11.3 Å². The Balaban J connectivity index is 1.20. The van der Waals surface area contributed by atoms with E-state index < -0.39 is 0 Å². The number of fused-ring (bicyclic) bond motifs is 5. The molecule has 0 amide bonds. The number of hydrogen-bond acceptors (Lipinski definition) is 3. The van der Waals surface area contributed by atoms with Gasteiger partial charge in [-0.05, 0) is 122 Å². The van der Waals surface area contributed by atoms with E-state index in [1.165, 1.54) is 77.0 Å². The average Bonchev–Trinajstić information content (AvgIpc) is 3.20. The number of nitrogens with two attached hydrogens (primary N) is 2. The summed E-state index contributed by atoms with van der Waals surface area (Å²) in [5.74, 6) is 6.42. The van der Waals surface area contributed by atoms with Gasteiger partial charge in [0.25, 0.3) is 0 Å². The molecule has 0 aromatic heterocycles. The highest BCUT2D eigenvalue weighted by Gasteiger charge is 2.60. The van der Waals surface area contributed by atoms with E-state index in [-0.39, 0.29) is 0 Å². The number of rotatable bonds is 8. The van der Waals surface area contributed by atoms with Crippen LogP contribution in [0.15, 0.2) is 18.2 Å². The molecule has 3 heteroatoms. The van der Waals surface area contributed by atoms with E-state index in [0.717, 1.165) is 58.4 Å². The first kappa shape index (κ1) is 27.4. The van der Waals surface area contributed by atoms with E-state index in [0.29, 0.717) is 23.5 Å².